The van der Waals surface area contributed by atoms with Crippen molar-refractivity contribution in [3.63, 3.8) is 0 Å². The average Bonchev–Trinajstić information content (AvgIpc) is 2.96. The van der Waals surface area contributed by atoms with Gasteiger partial charge in [0.15, 0.2) is 0 Å². The van der Waals surface area contributed by atoms with Crippen molar-refractivity contribution in [2.45, 2.75) is 51.4 Å². The molecule has 0 aromatic carbocycles. The summed E-state index contributed by atoms with van der Waals surface area (Å²) in [5.41, 5.74) is -0.517. The molecule has 2 aliphatic rings. The van der Waals surface area contributed by atoms with Gasteiger partial charge in [0.05, 0.1) is 13.3 Å². The standard InChI is InChI=1S/C16H23N3O4/c1-9-12(14(20)23-15(2,3)4)16(8-18-9)6-10-13(22-16)17-7-11(19-10)21-5/h7,9,12,18H,6,8H2,1-5H3/t9-,12?,16?/m0/s1. The van der Waals surface area contributed by atoms with Gasteiger partial charge in [-0.2, -0.15) is 0 Å². The van der Waals surface area contributed by atoms with Crippen molar-refractivity contribution in [2.75, 3.05) is 13.7 Å². The third-order valence-corrected chi connectivity index (χ3v) is 4.21. The number of methoxy groups -OCH3 is 1. The molecule has 1 fully saturated rings. The second-order valence-corrected chi connectivity index (χ2v) is 7.19. The van der Waals surface area contributed by atoms with Crippen molar-refractivity contribution in [2.24, 2.45) is 5.92 Å². The lowest BCUT2D eigenvalue weighted by Gasteiger charge is -2.31. The number of carbonyl (C=O) groups is 1. The van der Waals surface area contributed by atoms with Gasteiger partial charge in [-0.3, -0.25) is 4.79 Å². The van der Waals surface area contributed by atoms with Crippen LogP contribution in [0.3, 0.4) is 0 Å². The fourth-order valence-electron chi connectivity index (χ4n) is 3.28. The first-order chi connectivity index (χ1) is 10.7. The van der Waals surface area contributed by atoms with Gasteiger partial charge in [-0.1, -0.05) is 0 Å². The number of aromatic nitrogens is 2. The predicted octanol–water partition coefficient (Wildman–Crippen LogP) is 1.11. The molecule has 126 valence electrons. The van der Waals surface area contributed by atoms with E-state index in [1.165, 1.54) is 6.20 Å². The van der Waals surface area contributed by atoms with Crippen LogP contribution in [0.4, 0.5) is 0 Å². The number of nitrogens with zero attached hydrogens (tertiary/aromatic N) is 2. The first-order valence-electron chi connectivity index (χ1n) is 7.79. The zero-order valence-corrected chi connectivity index (χ0v) is 14.2. The zero-order valence-electron chi connectivity index (χ0n) is 14.2. The molecule has 1 aromatic heterocycles. The number of fused-ring (bicyclic) bond motifs is 1. The smallest absolute Gasteiger partial charge is 0.315 e. The maximum atomic E-state index is 12.7. The van der Waals surface area contributed by atoms with Gasteiger partial charge in [-0.25, -0.2) is 9.97 Å². The normalized spacial score (nSPS) is 29.3. The fraction of sp³-hybridized carbons (Fsp3) is 0.688. The molecule has 0 bridgehead atoms. The second kappa shape index (κ2) is 5.33. The predicted molar refractivity (Wildman–Crippen MR) is 82.4 cm³/mol. The molecule has 23 heavy (non-hydrogen) atoms. The van der Waals surface area contributed by atoms with Gasteiger partial charge in [-0.05, 0) is 27.7 Å². The summed E-state index contributed by atoms with van der Waals surface area (Å²) in [6, 6.07) is -0.0407. The molecule has 0 radical (unpaired) electrons. The Bertz CT molecular complexity index is 628. The largest absolute Gasteiger partial charge is 0.480 e. The van der Waals surface area contributed by atoms with Gasteiger partial charge in [0, 0.05) is 19.0 Å². The van der Waals surface area contributed by atoms with E-state index < -0.39 is 17.1 Å². The van der Waals surface area contributed by atoms with Crippen LogP contribution in [0.25, 0.3) is 0 Å². The first kappa shape index (κ1) is 16.0. The number of hydrogen-bond acceptors (Lipinski definition) is 7. The van der Waals surface area contributed by atoms with Gasteiger partial charge >= 0.3 is 5.97 Å². The lowest BCUT2D eigenvalue weighted by Crippen LogP contribution is -2.49. The van der Waals surface area contributed by atoms with E-state index in [2.05, 4.69) is 15.3 Å². The van der Waals surface area contributed by atoms with Crippen LogP contribution < -0.4 is 14.8 Å². The molecule has 0 saturated carbocycles. The topological polar surface area (TPSA) is 82.6 Å². The van der Waals surface area contributed by atoms with Crippen LogP contribution in [0.2, 0.25) is 0 Å². The first-order valence-corrected chi connectivity index (χ1v) is 7.79. The van der Waals surface area contributed by atoms with Crippen molar-refractivity contribution in [1.82, 2.24) is 15.3 Å². The van der Waals surface area contributed by atoms with E-state index in [-0.39, 0.29) is 12.0 Å². The molecule has 2 unspecified atom stereocenters. The Morgan fingerprint density at radius 1 is 1.48 bits per heavy atom. The molecule has 2 aliphatic heterocycles. The van der Waals surface area contributed by atoms with Crippen molar-refractivity contribution in [3.8, 4) is 11.8 Å². The average molecular weight is 321 g/mol. The highest BCUT2D eigenvalue weighted by Crippen LogP contribution is 2.42. The summed E-state index contributed by atoms with van der Waals surface area (Å²) in [6.45, 7) is 8.12. The number of ether oxygens (including phenoxy) is 3. The Balaban J connectivity index is 1.88. The van der Waals surface area contributed by atoms with E-state index >= 15 is 0 Å². The van der Waals surface area contributed by atoms with Crippen molar-refractivity contribution < 1.29 is 19.0 Å². The van der Waals surface area contributed by atoms with Crippen LogP contribution >= 0.6 is 0 Å². The van der Waals surface area contributed by atoms with E-state index in [9.17, 15) is 4.79 Å². The molecule has 3 rings (SSSR count). The highest BCUT2D eigenvalue weighted by Gasteiger charge is 2.58. The molecule has 1 saturated heterocycles. The fourth-order valence-corrected chi connectivity index (χ4v) is 3.28. The Morgan fingerprint density at radius 3 is 2.87 bits per heavy atom. The molecular weight excluding hydrogens is 298 g/mol. The van der Waals surface area contributed by atoms with Crippen LogP contribution in [0, 0.1) is 5.92 Å². The summed E-state index contributed by atoms with van der Waals surface area (Å²) in [7, 11) is 1.55. The van der Waals surface area contributed by atoms with Crippen LogP contribution in [0.5, 0.6) is 11.8 Å². The summed E-state index contributed by atoms with van der Waals surface area (Å²) in [6.07, 6.45) is 2.03. The van der Waals surface area contributed by atoms with E-state index in [0.29, 0.717) is 30.4 Å². The molecule has 1 N–H and O–H groups in total. The van der Waals surface area contributed by atoms with Crippen LogP contribution in [-0.2, 0) is 16.0 Å². The lowest BCUT2D eigenvalue weighted by atomic mass is 9.84. The molecule has 7 heteroatoms. The van der Waals surface area contributed by atoms with Crippen LogP contribution in [-0.4, -0.2) is 46.8 Å². The van der Waals surface area contributed by atoms with Crippen LogP contribution in [0.1, 0.15) is 33.4 Å². The van der Waals surface area contributed by atoms with E-state index in [0.717, 1.165) is 0 Å². The van der Waals surface area contributed by atoms with E-state index in [1.807, 2.05) is 27.7 Å². The quantitative estimate of drug-likeness (QED) is 0.817. The van der Waals surface area contributed by atoms with Crippen LogP contribution in [0.15, 0.2) is 6.20 Å². The van der Waals surface area contributed by atoms with Gasteiger partial charge in [-0.15, -0.1) is 0 Å². The number of esters is 1. The molecule has 3 heterocycles. The molecule has 0 aliphatic carbocycles. The highest BCUT2D eigenvalue weighted by molar-refractivity contribution is 5.76. The Kier molecular flexibility index (Phi) is 3.71. The summed E-state index contributed by atoms with van der Waals surface area (Å²) in [5, 5.41) is 3.32. The maximum Gasteiger partial charge on any atom is 0.315 e. The lowest BCUT2D eigenvalue weighted by molar-refractivity contribution is -0.166. The Morgan fingerprint density at radius 2 is 2.22 bits per heavy atom. The monoisotopic (exact) mass is 321 g/mol. The molecular formula is C16H23N3O4. The summed E-state index contributed by atoms with van der Waals surface area (Å²) in [4.78, 5) is 21.3. The third kappa shape index (κ3) is 2.85. The zero-order chi connectivity index (χ0) is 16.8. The molecule has 3 atom stereocenters. The summed E-state index contributed by atoms with van der Waals surface area (Å²) < 4.78 is 16.8. The highest BCUT2D eigenvalue weighted by atomic mass is 16.6. The molecule has 1 aromatic rings. The number of carbonyl (C=O) groups excluding carboxylic acids is 1. The number of rotatable bonds is 2. The van der Waals surface area contributed by atoms with Crippen molar-refractivity contribution in [3.05, 3.63) is 11.9 Å². The second-order valence-electron chi connectivity index (χ2n) is 7.19. The number of hydrogen-bond donors (Lipinski definition) is 1. The molecule has 1 spiro atoms. The Labute approximate surface area is 135 Å². The SMILES string of the molecule is COc1cnc2c(n1)CC1(CN[C@@H](C)C1C(=O)OC(C)(C)C)O2. The minimum Gasteiger partial charge on any atom is -0.480 e. The maximum absolute atomic E-state index is 12.7. The van der Waals surface area contributed by atoms with Gasteiger partial charge < -0.3 is 19.5 Å². The van der Waals surface area contributed by atoms with Crippen molar-refractivity contribution in [1.29, 1.82) is 0 Å². The Hall–Kier alpha value is -1.89. The minimum atomic E-state index is -0.698. The molecule has 7 nitrogen and oxygen atoms in total. The summed E-state index contributed by atoms with van der Waals surface area (Å²) in [5.74, 6) is 0.242. The van der Waals surface area contributed by atoms with Gasteiger partial charge in [0.1, 0.15) is 22.8 Å². The minimum absolute atomic E-state index is 0.0407. The van der Waals surface area contributed by atoms with Gasteiger partial charge in [0.25, 0.3) is 0 Å². The van der Waals surface area contributed by atoms with Crippen molar-refractivity contribution >= 4 is 5.97 Å². The van der Waals surface area contributed by atoms with E-state index in [1.54, 1.807) is 7.11 Å². The number of nitrogens with one attached hydrogen (secondary N) is 1. The van der Waals surface area contributed by atoms with E-state index in [4.69, 9.17) is 14.2 Å². The summed E-state index contributed by atoms with van der Waals surface area (Å²) >= 11 is 0. The molecule has 0 amide bonds. The third-order valence-electron chi connectivity index (χ3n) is 4.21. The van der Waals surface area contributed by atoms with Gasteiger partial charge in [0.2, 0.25) is 11.8 Å².